The van der Waals surface area contributed by atoms with Gasteiger partial charge in [-0.15, -0.1) is 0 Å². The minimum absolute atomic E-state index is 0.193. The second-order valence-electron chi connectivity index (χ2n) is 2.10. The summed E-state index contributed by atoms with van der Waals surface area (Å²) in [7, 11) is 1.48. The van der Waals surface area contributed by atoms with Crippen LogP contribution >= 0.6 is 10.7 Å². The molecule has 0 bridgehead atoms. The van der Waals surface area contributed by atoms with Crippen LogP contribution in [0.25, 0.3) is 0 Å². The maximum Gasteiger partial charge on any atom is 0.237 e. The van der Waals surface area contributed by atoms with Gasteiger partial charge in [0.2, 0.25) is 14.7 Å². The van der Waals surface area contributed by atoms with E-state index in [4.69, 9.17) is 10.7 Å². The van der Waals surface area contributed by atoms with Gasteiger partial charge in [0.1, 0.15) is 5.75 Å². The molecule has 1 heterocycles. The van der Waals surface area contributed by atoms with Crippen molar-refractivity contribution in [3.05, 3.63) is 0 Å². The van der Waals surface area contributed by atoms with Crippen LogP contribution < -0.4 is 0 Å². The van der Waals surface area contributed by atoms with Crippen molar-refractivity contribution in [2.75, 3.05) is 5.75 Å². The van der Waals surface area contributed by atoms with Crippen LogP contribution in [0.5, 0.6) is 0 Å². The molecule has 0 aromatic heterocycles. The van der Waals surface area contributed by atoms with Crippen LogP contribution in [0, 0.1) is 0 Å². The lowest BCUT2D eigenvalue weighted by atomic mass is 10.3. The Hall–Kier alpha value is -0.160. The summed E-state index contributed by atoms with van der Waals surface area (Å²) < 4.78 is 20.7. The van der Waals surface area contributed by atoms with Gasteiger partial charge in [0, 0.05) is 10.7 Å². The van der Waals surface area contributed by atoms with E-state index in [1.165, 1.54) is 0 Å². The average molecular weight is 169 g/mol. The SMILES string of the molecule is CC1(CS(=O)(=O)Cl)N=N1. The molecule has 0 fully saturated rings. The molecule has 0 aliphatic carbocycles. The summed E-state index contributed by atoms with van der Waals surface area (Å²) in [5, 5.41) is 6.96. The molecule has 6 heteroatoms. The van der Waals surface area contributed by atoms with Gasteiger partial charge in [0.15, 0.2) is 0 Å². The minimum Gasteiger partial charge on any atom is -0.212 e. The third-order valence-corrected chi connectivity index (χ3v) is 2.11. The summed E-state index contributed by atoms with van der Waals surface area (Å²) in [6, 6.07) is 0. The van der Waals surface area contributed by atoms with Crippen molar-refractivity contribution in [2.24, 2.45) is 10.2 Å². The Balaban J connectivity index is 2.54. The van der Waals surface area contributed by atoms with E-state index in [2.05, 4.69) is 10.2 Å². The fourth-order valence-electron chi connectivity index (χ4n) is 0.470. The molecule has 0 aromatic carbocycles. The molecule has 4 nitrogen and oxygen atoms in total. The molecule has 1 rings (SSSR count). The summed E-state index contributed by atoms with van der Waals surface area (Å²) >= 11 is 0. The van der Waals surface area contributed by atoms with Crippen LogP contribution in [0.1, 0.15) is 6.92 Å². The second-order valence-corrected chi connectivity index (χ2v) is 4.88. The molecule has 0 unspecified atom stereocenters. The number of nitrogens with zero attached hydrogens (tertiary/aromatic N) is 2. The van der Waals surface area contributed by atoms with E-state index in [1.54, 1.807) is 6.92 Å². The van der Waals surface area contributed by atoms with E-state index in [9.17, 15) is 8.42 Å². The first-order valence-corrected chi connectivity index (χ1v) is 4.76. The maximum absolute atomic E-state index is 10.3. The molecule has 0 N–H and O–H groups in total. The number of halogens is 1. The van der Waals surface area contributed by atoms with Gasteiger partial charge in [0.05, 0.1) is 0 Å². The molecule has 52 valence electrons. The van der Waals surface area contributed by atoms with E-state index in [1.807, 2.05) is 0 Å². The molecule has 0 aromatic rings. The molecular formula is C3H5ClN2O2S. The molecule has 9 heavy (non-hydrogen) atoms. The third kappa shape index (κ3) is 2.28. The topological polar surface area (TPSA) is 58.9 Å². The lowest BCUT2D eigenvalue weighted by Gasteiger charge is -1.96. The zero-order valence-electron chi connectivity index (χ0n) is 4.70. The molecule has 1 aliphatic rings. The van der Waals surface area contributed by atoms with Gasteiger partial charge in [-0.05, 0) is 6.92 Å². The lowest BCUT2D eigenvalue weighted by molar-refractivity contribution is 0.598. The first kappa shape index (κ1) is 6.95. The van der Waals surface area contributed by atoms with Gasteiger partial charge in [-0.2, -0.15) is 10.2 Å². The highest BCUT2D eigenvalue weighted by molar-refractivity contribution is 8.13. The highest BCUT2D eigenvalue weighted by atomic mass is 35.7. The predicted molar refractivity (Wildman–Crippen MR) is 32.9 cm³/mol. The van der Waals surface area contributed by atoms with Crippen molar-refractivity contribution in [3.63, 3.8) is 0 Å². The fourth-order valence-corrected chi connectivity index (χ4v) is 1.86. The maximum atomic E-state index is 10.3. The summed E-state index contributed by atoms with van der Waals surface area (Å²) in [4.78, 5) is 0. The van der Waals surface area contributed by atoms with E-state index in [0.29, 0.717) is 0 Å². The molecule has 0 atom stereocenters. The fraction of sp³-hybridized carbons (Fsp3) is 1.00. The van der Waals surface area contributed by atoms with E-state index in [0.717, 1.165) is 0 Å². The van der Waals surface area contributed by atoms with E-state index in [-0.39, 0.29) is 5.75 Å². The molecule has 0 saturated carbocycles. The van der Waals surface area contributed by atoms with Crippen molar-refractivity contribution in [2.45, 2.75) is 12.6 Å². The monoisotopic (exact) mass is 168 g/mol. The number of rotatable bonds is 2. The highest BCUT2D eigenvalue weighted by Crippen LogP contribution is 2.29. The second kappa shape index (κ2) is 1.67. The van der Waals surface area contributed by atoms with Crippen molar-refractivity contribution in [3.8, 4) is 0 Å². The predicted octanol–water partition coefficient (Wildman–Crippen LogP) is 0.737. The average Bonchev–Trinajstić information content (AvgIpc) is 2.12. The molecular weight excluding hydrogens is 164 g/mol. The summed E-state index contributed by atoms with van der Waals surface area (Å²) in [5.74, 6) is -0.193. The van der Waals surface area contributed by atoms with Crippen molar-refractivity contribution < 1.29 is 8.42 Å². The largest absolute Gasteiger partial charge is 0.237 e. The lowest BCUT2D eigenvalue weighted by Crippen LogP contribution is -2.16. The van der Waals surface area contributed by atoms with Crippen molar-refractivity contribution >= 4 is 19.7 Å². The summed E-state index contributed by atoms with van der Waals surface area (Å²) in [6.45, 7) is 1.60. The Morgan fingerprint density at radius 1 is 1.56 bits per heavy atom. The smallest absolute Gasteiger partial charge is 0.212 e. The van der Waals surface area contributed by atoms with Gasteiger partial charge in [-0.1, -0.05) is 0 Å². The Labute approximate surface area is 57.3 Å². The van der Waals surface area contributed by atoms with Crippen LogP contribution in [0.2, 0.25) is 0 Å². The van der Waals surface area contributed by atoms with Crippen LogP contribution in [0.3, 0.4) is 0 Å². The zero-order valence-corrected chi connectivity index (χ0v) is 6.28. The molecule has 0 amide bonds. The van der Waals surface area contributed by atoms with Gasteiger partial charge < -0.3 is 0 Å². The summed E-state index contributed by atoms with van der Waals surface area (Å²) in [6.07, 6.45) is 0. The van der Waals surface area contributed by atoms with Crippen LogP contribution in [0.4, 0.5) is 0 Å². The zero-order chi connectivity index (χ0) is 7.12. The highest BCUT2D eigenvalue weighted by Gasteiger charge is 2.38. The van der Waals surface area contributed by atoms with E-state index >= 15 is 0 Å². The first-order chi connectivity index (χ1) is 3.91. The van der Waals surface area contributed by atoms with Crippen LogP contribution in [-0.2, 0) is 9.05 Å². The van der Waals surface area contributed by atoms with E-state index < -0.39 is 14.7 Å². The Bertz CT molecular complexity index is 239. The van der Waals surface area contributed by atoms with Crippen molar-refractivity contribution in [1.82, 2.24) is 0 Å². The Morgan fingerprint density at radius 2 is 2.00 bits per heavy atom. The molecule has 1 aliphatic heterocycles. The quantitative estimate of drug-likeness (QED) is 0.571. The third-order valence-electron chi connectivity index (χ3n) is 0.887. The summed E-state index contributed by atoms with van der Waals surface area (Å²) in [5.41, 5.74) is -0.736. The number of hydrogen-bond acceptors (Lipinski definition) is 4. The normalized spacial score (nSPS) is 22.0. The molecule has 0 radical (unpaired) electrons. The van der Waals surface area contributed by atoms with Crippen molar-refractivity contribution in [1.29, 1.82) is 0 Å². The Kier molecular flexibility index (Phi) is 1.29. The van der Waals surface area contributed by atoms with Gasteiger partial charge in [-0.25, -0.2) is 8.42 Å². The minimum atomic E-state index is -3.43. The van der Waals surface area contributed by atoms with Gasteiger partial charge in [-0.3, -0.25) is 0 Å². The standard InChI is InChI=1S/C3H5ClN2O2S/c1-3(5-6-3)2-9(4,7)8/h2H2,1H3. The molecule has 0 saturated heterocycles. The first-order valence-electron chi connectivity index (χ1n) is 2.28. The molecule has 0 spiro atoms. The van der Waals surface area contributed by atoms with Crippen LogP contribution in [0.15, 0.2) is 10.2 Å². The Morgan fingerprint density at radius 3 is 2.11 bits per heavy atom. The van der Waals surface area contributed by atoms with Gasteiger partial charge in [0.25, 0.3) is 0 Å². The van der Waals surface area contributed by atoms with Crippen LogP contribution in [-0.4, -0.2) is 19.8 Å². The van der Waals surface area contributed by atoms with Gasteiger partial charge >= 0.3 is 0 Å². The number of hydrogen-bond donors (Lipinski definition) is 0.